The summed E-state index contributed by atoms with van der Waals surface area (Å²) < 4.78 is 0. The van der Waals surface area contributed by atoms with Crippen molar-refractivity contribution >= 4 is 0 Å². The lowest BCUT2D eigenvalue weighted by molar-refractivity contribution is -0.0523. The van der Waals surface area contributed by atoms with E-state index in [2.05, 4.69) is 42.6 Å². The summed E-state index contributed by atoms with van der Waals surface area (Å²) >= 11 is 0. The molecule has 4 bridgehead atoms. The van der Waals surface area contributed by atoms with Crippen molar-refractivity contribution in [2.24, 2.45) is 29.6 Å². The van der Waals surface area contributed by atoms with Gasteiger partial charge in [0.1, 0.15) is 0 Å². The van der Waals surface area contributed by atoms with Gasteiger partial charge in [-0.1, -0.05) is 37.3 Å². The average Bonchev–Trinajstić information content (AvgIpc) is 2.46. The van der Waals surface area contributed by atoms with E-state index in [4.69, 9.17) is 0 Å². The Labute approximate surface area is 123 Å². The molecule has 0 radical (unpaired) electrons. The molecule has 0 heterocycles. The van der Waals surface area contributed by atoms with Crippen LogP contribution in [-0.2, 0) is 0 Å². The summed E-state index contributed by atoms with van der Waals surface area (Å²) in [6.07, 6.45) is 7.63. The molecule has 20 heavy (non-hydrogen) atoms. The van der Waals surface area contributed by atoms with Gasteiger partial charge in [-0.25, -0.2) is 0 Å². The molecule has 0 amide bonds. The van der Waals surface area contributed by atoms with E-state index < -0.39 is 0 Å². The largest absolute Gasteiger partial charge is 0.310 e. The van der Waals surface area contributed by atoms with Gasteiger partial charge in [0.2, 0.25) is 0 Å². The average molecular weight is 269 g/mol. The Balaban J connectivity index is 1.63. The van der Waals surface area contributed by atoms with Crippen LogP contribution in [0.4, 0.5) is 0 Å². The van der Waals surface area contributed by atoms with Crippen molar-refractivity contribution in [1.29, 1.82) is 0 Å². The third-order valence-electron chi connectivity index (χ3n) is 6.27. The highest BCUT2D eigenvalue weighted by atomic mass is 14.9. The van der Waals surface area contributed by atoms with Gasteiger partial charge in [0.15, 0.2) is 0 Å². The lowest BCUT2D eigenvalue weighted by Crippen LogP contribution is -2.49. The molecular formula is C19H27N. The van der Waals surface area contributed by atoms with Crippen LogP contribution in [0.1, 0.15) is 50.6 Å². The highest BCUT2D eigenvalue weighted by molar-refractivity contribution is 5.21. The fraction of sp³-hybridized carbons (Fsp3) is 0.684. The van der Waals surface area contributed by atoms with Gasteiger partial charge in [0, 0.05) is 6.04 Å². The third-order valence-corrected chi connectivity index (χ3v) is 6.27. The fourth-order valence-electron chi connectivity index (χ4n) is 5.87. The van der Waals surface area contributed by atoms with Crippen molar-refractivity contribution in [3.05, 3.63) is 35.9 Å². The molecule has 4 aliphatic carbocycles. The summed E-state index contributed by atoms with van der Waals surface area (Å²) in [7, 11) is 0. The van der Waals surface area contributed by atoms with E-state index in [-0.39, 0.29) is 0 Å². The first-order chi connectivity index (χ1) is 9.85. The smallest absolute Gasteiger partial charge is 0.0353 e. The molecule has 1 aromatic carbocycles. The van der Waals surface area contributed by atoms with Gasteiger partial charge >= 0.3 is 0 Å². The van der Waals surface area contributed by atoms with Gasteiger partial charge in [-0.3, -0.25) is 0 Å². The van der Waals surface area contributed by atoms with Crippen molar-refractivity contribution in [3.63, 3.8) is 0 Å². The first-order valence-corrected chi connectivity index (χ1v) is 8.63. The van der Waals surface area contributed by atoms with Crippen molar-refractivity contribution in [2.45, 2.75) is 45.1 Å². The molecule has 1 atom stereocenters. The molecule has 0 spiro atoms. The first-order valence-electron chi connectivity index (χ1n) is 8.63. The molecule has 1 aromatic rings. The van der Waals surface area contributed by atoms with Crippen LogP contribution in [0.15, 0.2) is 30.3 Å². The van der Waals surface area contributed by atoms with Crippen molar-refractivity contribution in [2.75, 3.05) is 6.54 Å². The third kappa shape index (κ3) is 2.11. The Bertz CT molecular complexity index is 424. The van der Waals surface area contributed by atoms with E-state index in [0.717, 1.165) is 36.1 Å². The molecule has 4 fully saturated rings. The van der Waals surface area contributed by atoms with Crippen molar-refractivity contribution in [1.82, 2.24) is 5.32 Å². The molecule has 4 aliphatic rings. The number of hydrogen-bond donors (Lipinski definition) is 1. The normalized spacial score (nSPS) is 40.0. The molecular weight excluding hydrogens is 242 g/mol. The molecule has 0 saturated heterocycles. The highest BCUT2D eigenvalue weighted by Gasteiger charge is 2.50. The Morgan fingerprint density at radius 1 is 0.950 bits per heavy atom. The van der Waals surface area contributed by atoms with Gasteiger partial charge in [-0.05, 0) is 73.8 Å². The van der Waals surface area contributed by atoms with Crippen LogP contribution in [0.2, 0.25) is 0 Å². The quantitative estimate of drug-likeness (QED) is 0.853. The van der Waals surface area contributed by atoms with Crippen LogP contribution < -0.4 is 5.32 Å². The second-order valence-electron chi connectivity index (χ2n) is 7.45. The predicted octanol–water partition coefficient (Wildman–Crippen LogP) is 4.41. The Kier molecular flexibility index (Phi) is 3.34. The molecule has 4 saturated carbocycles. The summed E-state index contributed by atoms with van der Waals surface area (Å²) in [6, 6.07) is 11.8. The van der Waals surface area contributed by atoms with E-state index in [1.807, 2.05) is 0 Å². The van der Waals surface area contributed by atoms with Crippen LogP contribution in [0.25, 0.3) is 0 Å². The Hall–Kier alpha value is -0.820. The van der Waals surface area contributed by atoms with E-state index in [1.165, 1.54) is 31.2 Å². The van der Waals surface area contributed by atoms with E-state index in [0.29, 0.717) is 6.04 Å². The second kappa shape index (κ2) is 5.18. The summed E-state index contributed by atoms with van der Waals surface area (Å²) in [5.74, 6) is 5.04. The number of rotatable bonds is 4. The molecule has 0 aromatic heterocycles. The molecule has 1 heteroatoms. The van der Waals surface area contributed by atoms with Crippen LogP contribution in [0.3, 0.4) is 0 Å². The number of hydrogen-bond acceptors (Lipinski definition) is 1. The van der Waals surface area contributed by atoms with Crippen LogP contribution >= 0.6 is 0 Å². The zero-order chi connectivity index (χ0) is 13.5. The van der Waals surface area contributed by atoms with Gasteiger partial charge in [-0.15, -0.1) is 0 Å². The second-order valence-corrected chi connectivity index (χ2v) is 7.45. The lowest BCUT2D eigenvalue weighted by Gasteiger charge is -2.56. The van der Waals surface area contributed by atoms with Gasteiger partial charge in [0.25, 0.3) is 0 Å². The fourth-order valence-corrected chi connectivity index (χ4v) is 5.87. The summed E-state index contributed by atoms with van der Waals surface area (Å²) in [4.78, 5) is 0. The van der Waals surface area contributed by atoms with E-state index in [1.54, 1.807) is 6.42 Å². The van der Waals surface area contributed by atoms with Crippen LogP contribution in [0.5, 0.6) is 0 Å². The van der Waals surface area contributed by atoms with Crippen LogP contribution in [-0.4, -0.2) is 6.54 Å². The maximum Gasteiger partial charge on any atom is 0.0353 e. The van der Waals surface area contributed by atoms with E-state index >= 15 is 0 Å². The maximum atomic E-state index is 3.83. The summed E-state index contributed by atoms with van der Waals surface area (Å²) in [5.41, 5.74) is 1.52. The predicted molar refractivity (Wildman–Crippen MR) is 83.4 cm³/mol. The van der Waals surface area contributed by atoms with Gasteiger partial charge in [-0.2, -0.15) is 0 Å². The van der Waals surface area contributed by atoms with Crippen molar-refractivity contribution in [3.8, 4) is 0 Å². The Morgan fingerprint density at radius 2 is 1.55 bits per heavy atom. The standard InChI is InChI=1S/C19H27N/c1-2-20-19(15-6-4-3-5-7-15)18-16-9-13-8-14(11-16)12-17(18)10-13/h3-7,13-14,16-20H,2,8-12H2,1H3. The summed E-state index contributed by atoms with van der Waals surface area (Å²) in [6.45, 7) is 3.34. The minimum Gasteiger partial charge on any atom is -0.310 e. The highest BCUT2D eigenvalue weighted by Crippen LogP contribution is 2.59. The summed E-state index contributed by atoms with van der Waals surface area (Å²) in [5, 5.41) is 3.83. The lowest BCUT2D eigenvalue weighted by atomic mass is 9.50. The molecule has 108 valence electrons. The van der Waals surface area contributed by atoms with Crippen molar-refractivity contribution < 1.29 is 0 Å². The van der Waals surface area contributed by atoms with E-state index in [9.17, 15) is 0 Å². The zero-order valence-electron chi connectivity index (χ0n) is 12.6. The minimum atomic E-state index is 0.594. The van der Waals surface area contributed by atoms with Gasteiger partial charge < -0.3 is 5.32 Å². The molecule has 5 rings (SSSR count). The number of benzene rings is 1. The number of nitrogens with one attached hydrogen (secondary N) is 1. The molecule has 1 unspecified atom stereocenters. The Morgan fingerprint density at radius 3 is 2.10 bits per heavy atom. The zero-order valence-corrected chi connectivity index (χ0v) is 12.6. The topological polar surface area (TPSA) is 12.0 Å². The SMILES string of the molecule is CCNC(c1ccccc1)C1C2CC3CC(C2)CC1C3. The molecule has 1 N–H and O–H groups in total. The first kappa shape index (κ1) is 12.9. The molecule has 0 aliphatic heterocycles. The maximum absolute atomic E-state index is 3.83. The molecule has 1 nitrogen and oxygen atoms in total. The monoisotopic (exact) mass is 269 g/mol. The van der Waals surface area contributed by atoms with Crippen LogP contribution in [0, 0.1) is 29.6 Å². The van der Waals surface area contributed by atoms with Gasteiger partial charge in [0.05, 0.1) is 0 Å². The minimum absolute atomic E-state index is 0.594.